The fourth-order valence-corrected chi connectivity index (χ4v) is 3.26. The SMILES string of the molecule is CS(=O)(=O)Nc1cccc(Oc2ncccc2C(=O)NCC2CCCO2)c1. The van der Waals surface area contributed by atoms with E-state index >= 15 is 0 Å². The molecule has 2 aromatic rings. The zero-order chi connectivity index (χ0) is 19.3. The smallest absolute Gasteiger partial charge is 0.256 e. The van der Waals surface area contributed by atoms with Gasteiger partial charge < -0.3 is 14.8 Å². The molecule has 0 saturated carbocycles. The fourth-order valence-electron chi connectivity index (χ4n) is 2.70. The van der Waals surface area contributed by atoms with Crippen molar-refractivity contribution in [2.45, 2.75) is 18.9 Å². The molecule has 1 aliphatic heterocycles. The van der Waals surface area contributed by atoms with Crippen LogP contribution < -0.4 is 14.8 Å². The van der Waals surface area contributed by atoms with Gasteiger partial charge in [-0.1, -0.05) is 6.07 Å². The lowest BCUT2D eigenvalue weighted by molar-refractivity contribution is 0.0855. The minimum absolute atomic E-state index is 0.0359. The third-order valence-corrected chi connectivity index (χ3v) is 4.49. The number of nitrogens with zero attached hydrogens (tertiary/aromatic N) is 1. The van der Waals surface area contributed by atoms with Crippen molar-refractivity contribution in [2.75, 3.05) is 24.1 Å². The highest BCUT2D eigenvalue weighted by Crippen LogP contribution is 2.25. The second kappa shape index (κ2) is 8.36. The van der Waals surface area contributed by atoms with E-state index in [4.69, 9.17) is 9.47 Å². The van der Waals surface area contributed by atoms with Gasteiger partial charge in [0.2, 0.25) is 15.9 Å². The molecule has 1 saturated heterocycles. The first kappa shape index (κ1) is 19.1. The van der Waals surface area contributed by atoms with Gasteiger partial charge in [0.25, 0.3) is 5.91 Å². The number of hydrogen-bond donors (Lipinski definition) is 2. The minimum atomic E-state index is -3.40. The van der Waals surface area contributed by atoms with E-state index in [1.165, 1.54) is 12.3 Å². The van der Waals surface area contributed by atoms with Crippen LogP contribution in [0.15, 0.2) is 42.6 Å². The molecule has 1 fully saturated rings. The Hall–Kier alpha value is -2.65. The Bertz CT molecular complexity index is 911. The maximum Gasteiger partial charge on any atom is 0.256 e. The average Bonchev–Trinajstić information content (AvgIpc) is 3.12. The van der Waals surface area contributed by atoms with Crippen LogP contribution in [-0.2, 0) is 14.8 Å². The highest BCUT2D eigenvalue weighted by atomic mass is 32.2. The maximum absolute atomic E-state index is 12.5. The van der Waals surface area contributed by atoms with Crippen LogP contribution in [0, 0.1) is 0 Å². The lowest BCUT2D eigenvalue weighted by atomic mass is 10.2. The molecule has 1 aliphatic rings. The van der Waals surface area contributed by atoms with Crippen molar-refractivity contribution in [3.8, 4) is 11.6 Å². The molecular formula is C18H21N3O5S. The van der Waals surface area contributed by atoms with Gasteiger partial charge in [-0.3, -0.25) is 9.52 Å². The quantitative estimate of drug-likeness (QED) is 0.749. The summed E-state index contributed by atoms with van der Waals surface area (Å²) in [5.41, 5.74) is 0.646. The number of aromatic nitrogens is 1. The largest absolute Gasteiger partial charge is 0.438 e. The van der Waals surface area contributed by atoms with Gasteiger partial charge >= 0.3 is 0 Å². The summed E-state index contributed by atoms with van der Waals surface area (Å²) < 4.78 is 36.3. The van der Waals surface area contributed by atoms with Gasteiger partial charge in [-0.2, -0.15) is 0 Å². The molecule has 144 valence electrons. The van der Waals surface area contributed by atoms with Gasteiger partial charge in [0.15, 0.2) is 0 Å². The molecule has 8 nitrogen and oxygen atoms in total. The average molecular weight is 391 g/mol. The molecule has 2 heterocycles. The molecule has 9 heteroatoms. The van der Waals surface area contributed by atoms with E-state index in [0.717, 1.165) is 25.7 Å². The van der Waals surface area contributed by atoms with Crippen molar-refractivity contribution in [3.63, 3.8) is 0 Å². The number of hydrogen-bond acceptors (Lipinski definition) is 6. The zero-order valence-corrected chi connectivity index (χ0v) is 15.7. The number of carbonyl (C=O) groups is 1. The Morgan fingerprint density at radius 3 is 2.93 bits per heavy atom. The van der Waals surface area contributed by atoms with Gasteiger partial charge in [-0.25, -0.2) is 13.4 Å². The molecule has 0 spiro atoms. The van der Waals surface area contributed by atoms with E-state index in [1.807, 2.05) is 0 Å². The zero-order valence-electron chi connectivity index (χ0n) is 14.8. The van der Waals surface area contributed by atoms with Crippen molar-refractivity contribution >= 4 is 21.6 Å². The number of sulfonamides is 1. The normalized spacial score (nSPS) is 16.7. The highest BCUT2D eigenvalue weighted by molar-refractivity contribution is 7.92. The molecule has 0 radical (unpaired) electrons. The Labute approximate surface area is 158 Å². The molecule has 1 aromatic carbocycles. The van der Waals surface area contributed by atoms with Crippen molar-refractivity contribution < 1.29 is 22.7 Å². The van der Waals surface area contributed by atoms with Gasteiger partial charge in [0.1, 0.15) is 11.3 Å². The molecule has 1 unspecified atom stereocenters. The van der Waals surface area contributed by atoms with E-state index in [1.54, 1.807) is 30.3 Å². The Kier molecular flexibility index (Phi) is 5.92. The van der Waals surface area contributed by atoms with Crippen LogP contribution in [0.2, 0.25) is 0 Å². The molecule has 3 rings (SSSR count). The number of anilines is 1. The van der Waals surface area contributed by atoms with Crippen LogP contribution in [0.5, 0.6) is 11.6 Å². The van der Waals surface area contributed by atoms with Gasteiger partial charge in [-0.05, 0) is 37.1 Å². The molecule has 0 aliphatic carbocycles. The van der Waals surface area contributed by atoms with Crippen molar-refractivity contribution in [1.29, 1.82) is 0 Å². The first-order chi connectivity index (χ1) is 12.9. The first-order valence-electron chi connectivity index (χ1n) is 8.51. The monoisotopic (exact) mass is 391 g/mol. The van der Waals surface area contributed by atoms with E-state index in [-0.39, 0.29) is 23.5 Å². The number of carbonyl (C=O) groups excluding carboxylic acids is 1. The molecule has 1 atom stereocenters. The maximum atomic E-state index is 12.5. The summed E-state index contributed by atoms with van der Waals surface area (Å²) in [6.45, 7) is 1.15. The lowest BCUT2D eigenvalue weighted by Gasteiger charge is -2.13. The van der Waals surface area contributed by atoms with Crippen molar-refractivity contribution in [2.24, 2.45) is 0 Å². The molecular weight excluding hydrogens is 370 g/mol. The van der Waals surface area contributed by atoms with Crippen molar-refractivity contribution in [1.82, 2.24) is 10.3 Å². The van der Waals surface area contributed by atoms with Crippen LogP contribution in [0.25, 0.3) is 0 Å². The third-order valence-electron chi connectivity index (χ3n) is 3.88. The van der Waals surface area contributed by atoms with Crippen LogP contribution >= 0.6 is 0 Å². The summed E-state index contributed by atoms with van der Waals surface area (Å²) >= 11 is 0. The molecule has 0 bridgehead atoms. The molecule has 1 aromatic heterocycles. The minimum Gasteiger partial charge on any atom is -0.438 e. The third kappa shape index (κ3) is 5.66. The second-order valence-electron chi connectivity index (χ2n) is 6.21. The van der Waals surface area contributed by atoms with Gasteiger partial charge in [0.05, 0.1) is 18.0 Å². The topological polar surface area (TPSA) is 107 Å². The van der Waals surface area contributed by atoms with Crippen LogP contribution in [0.1, 0.15) is 23.2 Å². The summed E-state index contributed by atoms with van der Waals surface area (Å²) in [5, 5.41) is 2.83. The van der Waals surface area contributed by atoms with E-state index in [0.29, 0.717) is 18.0 Å². The standard InChI is InChI=1S/C18H21N3O5S/c1-27(23,24)21-13-5-2-6-14(11-13)26-18-16(8-3-9-19-18)17(22)20-12-15-7-4-10-25-15/h2-3,5-6,8-9,11,15,21H,4,7,10,12H2,1H3,(H,20,22). The van der Waals surface area contributed by atoms with Crippen LogP contribution in [0.3, 0.4) is 0 Å². The summed E-state index contributed by atoms with van der Waals surface area (Å²) in [4.78, 5) is 16.6. The number of nitrogens with one attached hydrogen (secondary N) is 2. The number of ether oxygens (including phenoxy) is 2. The Balaban J connectivity index is 1.72. The predicted octanol–water partition coefficient (Wildman–Crippen LogP) is 2.15. The van der Waals surface area contributed by atoms with Crippen molar-refractivity contribution in [3.05, 3.63) is 48.2 Å². The Morgan fingerprint density at radius 1 is 1.33 bits per heavy atom. The number of rotatable bonds is 7. The van der Waals surface area contributed by atoms with E-state index in [2.05, 4.69) is 15.0 Å². The molecule has 27 heavy (non-hydrogen) atoms. The number of amides is 1. The van der Waals surface area contributed by atoms with Gasteiger partial charge in [0, 0.05) is 25.4 Å². The van der Waals surface area contributed by atoms with Crippen LogP contribution in [-0.4, -0.2) is 44.8 Å². The molecule has 1 amide bonds. The van der Waals surface area contributed by atoms with Crippen LogP contribution in [0.4, 0.5) is 5.69 Å². The predicted molar refractivity (Wildman–Crippen MR) is 101 cm³/mol. The number of benzene rings is 1. The second-order valence-corrected chi connectivity index (χ2v) is 7.95. The lowest BCUT2D eigenvalue weighted by Crippen LogP contribution is -2.32. The van der Waals surface area contributed by atoms with E-state index in [9.17, 15) is 13.2 Å². The first-order valence-corrected chi connectivity index (χ1v) is 10.4. The summed E-state index contributed by atoms with van der Waals surface area (Å²) in [7, 11) is -3.40. The Morgan fingerprint density at radius 2 is 2.19 bits per heavy atom. The highest BCUT2D eigenvalue weighted by Gasteiger charge is 2.19. The molecule has 2 N–H and O–H groups in total. The van der Waals surface area contributed by atoms with Gasteiger partial charge in [-0.15, -0.1) is 0 Å². The summed E-state index contributed by atoms with van der Waals surface area (Å²) in [6.07, 6.45) is 4.55. The van der Waals surface area contributed by atoms with E-state index < -0.39 is 10.0 Å². The number of pyridine rings is 1. The fraction of sp³-hybridized carbons (Fsp3) is 0.333. The summed E-state index contributed by atoms with van der Waals surface area (Å²) in [6, 6.07) is 9.67. The summed E-state index contributed by atoms with van der Waals surface area (Å²) in [5.74, 6) is 0.188.